The van der Waals surface area contributed by atoms with Gasteiger partial charge in [0.25, 0.3) is 0 Å². The maximum atomic E-state index is 6.73. The zero-order valence-electron chi connectivity index (χ0n) is 18.3. The second-order valence-electron chi connectivity index (χ2n) is 8.97. The lowest BCUT2D eigenvalue weighted by molar-refractivity contribution is 0.187. The molecule has 4 heterocycles. The summed E-state index contributed by atoms with van der Waals surface area (Å²) in [4.78, 5) is 17.0. The molecule has 9 heteroatoms. The molecule has 0 radical (unpaired) electrons. The van der Waals surface area contributed by atoms with Crippen molar-refractivity contribution in [2.45, 2.75) is 42.1 Å². The number of benzene rings is 1. The van der Waals surface area contributed by atoms with Crippen molar-refractivity contribution >= 4 is 40.3 Å². The summed E-state index contributed by atoms with van der Waals surface area (Å²) in [5.74, 6) is 0.874. The first-order valence-corrected chi connectivity index (χ1v) is 12.3. The van der Waals surface area contributed by atoms with Crippen LogP contribution in [0, 0.1) is 12.3 Å². The molecule has 0 saturated carbocycles. The van der Waals surface area contributed by atoms with Gasteiger partial charge in [-0.3, -0.25) is 10.1 Å². The molecule has 33 heavy (non-hydrogen) atoms. The molecular formula is C24H24ClN7S. The van der Waals surface area contributed by atoms with Crippen molar-refractivity contribution in [2.24, 2.45) is 11.1 Å². The summed E-state index contributed by atoms with van der Waals surface area (Å²) < 4.78 is 0. The number of nitrogens with zero attached hydrogens (tertiary/aromatic N) is 5. The Hall–Kier alpha value is -2.68. The van der Waals surface area contributed by atoms with Crippen LogP contribution in [0.4, 0.5) is 5.82 Å². The second kappa shape index (κ2) is 7.97. The second-order valence-corrected chi connectivity index (χ2v) is 10.4. The molecule has 1 aliphatic carbocycles. The van der Waals surface area contributed by atoms with Crippen LogP contribution in [0.5, 0.6) is 0 Å². The Morgan fingerprint density at radius 3 is 2.82 bits per heavy atom. The van der Waals surface area contributed by atoms with Gasteiger partial charge in [-0.15, -0.1) is 0 Å². The molecule has 4 aromatic rings. The number of piperidine rings is 1. The van der Waals surface area contributed by atoms with Gasteiger partial charge in [0.2, 0.25) is 0 Å². The van der Waals surface area contributed by atoms with Gasteiger partial charge in [-0.05, 0) is 48.8 Å². The van der Waals surface area contributed by atoms with Crippen molar-refractivity contribution in [3.8, 4) is 0 Å². The Kier molecular flexibility index (Phi) is 5.05. The minimum Gasteiger partial charge on any atom is -0.355 e. The number of hydrogen-bond acceptors (Lipinski definition) is 7. The third-order valence-electron chi connectivity index (χ3n) is 7.14. The third-order valence-corrected chi connectivity index (χ3v) is 8.76. The number of aromatic amines is 1. The van der Waals surface area contributed by atoms with Crippen molar-refractivity contribution in [2.75, 3.05) is 18.0 Å². The molecule has 3 N–H and O–H groups in total. The number of rotatable bonds is 3. The van der Waals surface area contributed by atoms with Crippen molar-refractivity contribution in [1.82, 2.24) is 25.1 Å². The van der Waals surface area contributed by atoms with E-state index in [1.807, 2.05) is 19.2 Å². The number of nitrogens with two attached hydrogens (primary N) is 1. The molecule has 1 aromatic carbocycles. The van der Waals surface area contributed by atoms with E-state index < -0.39 is 0 Å². The summed E-state index contributed by atoms with van der Waals surface area (Å²) in [5, 5.41) is 8.87. The minimum atomic E-state index is 0.111. The van der Waals surface area contributed by atoms with Gasteiger partial charge in [-0.25, -0.2) is 9.97 Å². The average Bonchev–Trinajstić information content (AvgIpc) is 3.36. The van der Waals surface area contributed by atoms with Gasteiger partial charge in [0.15, 0.2) is 10.7 Å². The van der Waals surface area contributed by atoms with Crippen LogP contribution in [0.15, 0.2) is 52.6 Å². The lowest BCUT2D eigenvalue weighted by Crippen LogP contribution is -2.44. The lowest BCUT2D eigenvalue weighted by Gasteiger charge is -2.42. The quantitative estimate of drug-likeness (QED) is 0.441. The summed E-state index contributed by atoms with van der Waals surface area (Å²) in [6.45, 7) is 3.73. The van der Waals surface area contributed by atoms with Crippen molar-refractivity contribution in [3.05, 3.63) is 64.6 Å². The van der Waals surface area contributed by atoms with Crippen LogP contribution in [-0.4, -0.2) is 38.2 Å². The SMILES string of the molecule is Cc1nccc(Sc2n[nH]c3nc(N4CCC5(CC4)Cc4ccccc4[C@H]5N)cnc23)c1Cl. The van der Waals surface area contributed by atoms with Crippen LogP contribution in [0.2, 0.25) is 5.02 Å². The van der Waals surface area contributed by atoms with Crippen molar-refractivity contribution in [1.29, 1.82) is 0 Å². The fraction of sp³-hybridized carbons (Fsp3) is 0.333. The topological polar surface area (TPSA) is 96.6 Å². The summed E-state index contributed by atoms with van der Waals surface area (Å²) in [6.07, 6.45) is 6.77. The molecule has 0 bridgehead atoms. The number of pyridine rings is 1. The van der Waals surface area contributed by atoms with Crippen LogP contribution < -0.4 is 10.6 Å². The van der Waals surface area contributed by atoms with E-state index in [0.717, 1.165) is 59.3 Å². The predicted molar refractivity (Wildman–Crippen MR) is 131 cm³/mol. The van der Waals surface area contributed by atoms with E-state index in [-0.39, 0.29) is 11.5 Å². The van der Waals surface area contributed by atoms with Crippen molar-refractivity contribution in [3.63, 3.8) is 0 Å². The highest BCUT2D eigenvalue weighted by molar-refractivity contribution is 7.99. The zero-order valence-corrected chi connectivity index (χ0v) is 19.8. The third kappa shape index (κ3) is 3.48. The molecule has 1 fully saturated rings. The monoisotopic (exact) mass is 477 g/mol. The Morgan fingerprint density at radius 2 is 2.00 bits per heavy atom. The Balaban J connectivity index is 1.20. The molecule has 1 atom stereocenters. The molecular weight excluding hydrogens is 454 g/mol. The fourth-order valence-corrected chi connectivity index (χ4v) is 6.33. The maximum absolute atomic E-state index is 6.73. The molecule has 1 saturated heterocycles. The Bertz CT molecular complexity index is 1350. The van der Waals surface area contributed by atoms with Gasteiger partial charge < -0.3 is 10.6 Å². The highest BCUT2D eigenvalue weighted by Gasteiger charge is 2.45. The molecule has 3 aromatic heterocycles. The zero-order chi connectivity index (χ0) is 22.6. The molecule has 1 aliphatic heterocycles. The smallest absolute Gasteiger partial charge is 0.177 e. The van der Waals surface area contributed by atoms with Crippen LogP contribution >= 0.6 is 23.4 Å². The van der Waals surface area contributed by atoms with E-state index in [9.17, 15) is 0 Å². The van der Waals surface area contributed by atoms with Crippen LogP contribution in [0.3, 0.4) is 0 Å². The van der Waals surface area contributed by atoms with Gasteiger partial charge in [-0.2, -0.15) is 5.10 Å². The van der Waals surface area contributed by atoms with E-state index in [1.54, 1.807) is 6.20 Å². The Labute approximate surface area is 201 Å². The van der Waals surface area contributed by atoms with Crippen LogP contribution in [-0.2, 0) is 6.42 Å². The maximum Gasteiger partial charge on any atom is 0.177 e. The fourth-order valence-electron chi connectivity index (χ4n) is 5.19. The molecule has 1 spiro atoms. The first-order valence-electron chi connectivity index (χ1n) is 11.1. The first-order chi connectivity index (χ1) is 16.0. The molecule has 7 nitrogen and oxygen atoms in total. The van der Waals surface area contributed by atoms with E-state index in [2.05, 4.69) is 44.3 Å². The largest absolute Gasteiger partial charge is 0.355 e. The van der Waals surface area contributed by atoms with Gasteiger partial charge in [0, 0.05) is 30.2 Å². The van der Waals surface area contributed by atoms with Crippen LogP contribution in [0.1, 0.15) is 35.7 Å². The average molecular weight is 478 g/mol. The van der Waals surface area contributed by atoms with E-state index in [0.29, 0.717) is 10.7 Å². The summed E-state index contributed by atoms with van der Waals surface area (Å²) in [6, 6.07) is 10.6. The van der Waals surface area contributed by atoms with Gasteiger partial charge in [0.1, 0.15) is 11.3 Å². The Morgan fingerprint density at radius 1 is 1.18 bits per heavy atom. The van der Waals surface area contributed by atoms with Crippen LogP contribution in [0.25, 0.3) is 11.2 Å². The standard InChI is InChI=1S/C24H24ClN7S/c1-14-19(25)17(6-9-27-14)33-23-20-22(30-31-23)29-18(13-28-20)32-10-7-24(8-11-32)12-15-4-2-3-5-16(15)21(24)26/h2-6,9,13,21H,7-8,10-12,26H2,1H3,(H,29,30,31)/t21-/m1/s1. The molecule has 2 aliphatic rings. The number of halogens is 1. The lowest BCUT2D eigenvalue weighted by atomic mass is 9.73. The van der Waals surface area contributed by atoms with E-state index in [4.69, 9.17) is 27.3 Å². The highest BCUT2D eigenvalue weighted by atomic mass is 35.5. The number of nitrogens with one attached hydrogen (secondary N) is 1. The first kappa shape index (κ1) is 20.9. The number of hydrogen-bond donors (Lipinski definition) is 2. The van der Waals surface area contributed by atoms with Gasteiger partial charge >= 0.3 is 0 Å². The summed E-state index contributed by atoms with van der Waals surface area (Å²) >= 11 is 7.87. The minimum absolute atomic E-state index is 0.111. The summed E-state index contributed by atoms with van der Waals surface area (Å²) in [5.41, 5.74) is 11.8. The van der Waals surface area contributed by atoms with Gasteiger partial charge in [0.05, 0.1) is 16.9 Å². The van der Waals surface area contributed by atoms with Gasteiger partial charge in [-0.1, -0.05) is 47.6 Å². The normalized spacial score (nSPS) is 19.4. The molecule has 0 amide bonds. The molecule has 6 rings (SSSR count). The van der Waals surface area contributed by atoms with Crippen molar-refractivity contribution < 1.29 is 0 Å². The number of H-pyrrole nitrogens is 1. The predicted octanol–water partition coefficient (Wildman–Crippen LogP) is 4.70. The molecule has 168 valence electrons. The highest BCUT2D eigenvalue weighted by Crippen LogP contribution is 2.51. The number of anilines is 1. The van der Waals surface area contributed by atoms with E-state index >= 15 is 0 Å². The number of fused-ring (bicyclic) bond motifs is 2. The number of aryl methyl sites for hydroxylation is 1. The molecule has 0 unspecified atom stereocenters. The summed E-state index contributed by atoms with van der Waals surface area (Å²) in [7, 11) is 0. The van der Waals surface area contributed by atoms with E-state index in [1.165, 1.54) is 22.9 Å². The number of aromatic nitrogens is 5.